The van der Waals surface area contributed by atoms with Gasteiger partial charge in [0.15, 0.2) is 11.4 Å². The van der Waals surface area contributed by atoms with Crippen LogP contribution in [0.4, 0.5) is 0 Å². The number of hydrogen-bond donors (Lipinski definition) is 1. The Balaban J connectivity index is 1.91. The number of rotatable bonds is 6. The minimum absolute atomic E-state index is 0.0672. The number of unbranched alkanes of at least 4 members (excludes halogenated alkanes) is 1. The van der Waals surface area contributed by atoms with Gasteiger partial charge in [-0.3, -0.25) is 0 Å². The monoisotopic (exact) mass is 385 g/mol. The molecule has 0 aliphatic rings. The molecule has 0 bridgehead atoms. The zero-order valence-electron chi connectivity index (χ0n) is 15.2. The third-order valence-corrected chi connectivity index (χ3v) is 4.37. The van der Waals surface area contributed by atoms with Gasteiger partial charge in [-0.15, -0.1) is 0 Å². The van der Waals surface area contributed by atoms with Crippen LogP contribution in [0, 0.1) is 6.92 Å². The Morgan fingerprint density at radius 2 is 1.81 bits per heavy atom. The van der Waals surface area contributed by atoms with Gasteiger partial charge in [0.1, 0.15) is 11.5 Å². The molecule has 2 aromatic carbocycles. The molecule has 0 fully saturated rings. The SMILES string of the molecule is CCCCOC(=O)c1nc(C)c2cc(Oc3ccc(Cl)cc3)ccc2c1O. The van der Waals surface area contributed by atoms with E-state index in [1.165, 1.54) is 0 Å². The lowest BCUT2D eigenvalue weighted by atomic mass is 10.1. The third-order valence-electron chi connectivity index (χ3n) is 4.11. The maximum absolute atomic E-state index is 12.2. The summed E-state index contributed by atoms with van der Waals surface area (Å²) in [6.45, 7) is 4.09. The quantitative estimate of drug-likeness (QED) is 0.438. The van der Waals surface area contributed by atoms with Crippen LogP contribution in [0.25, 0.3) is 10.8 Å². The minimum Gasteiger partial charge on any atom is -0.505 e. The van der Waals surface area contributed by atoms with Gasteiger partial charge in [0.05, 0.1) is 6.61 Å². The van der Waals surface area contributed by atoms with Gasteiger partial charge in [0, 0.05) is 21.5 Å². The summed E-state index contributed by atoms with van der Waals surface area (Å²) in [5, 5.41) is 12.3. The fraction of sp³-hybridized carbons (Fsp3) is 0.238. The molecule has 0 unspecified atom stereocenters. The number of carbonyl (C=O) groups excluding carboxylic acids is 1. The molecule has 3 aromatic rings. The average Bonchev–Trinajstić information content (AvgIpc) is 2.66. The van der Waals surface area contributed by atoms with E-state index in [4.69, 9.17) is 21.1 Å². The Kier molecular flexibility index (Phi) is 5.81. The molecule has 0 aliphatic carbocycles. The van der Waals surface area contributed by atoms with E-state index >= 15 is 0 Å². The van der Waals surface area contributed by atoms with E-state index in [2.05, 4.69) is 4.98 Å². The molecule has 0 atom stereocenters. The number of pyridine rings is 1. The first-order valence-corrected chi connectivity index (χ1v) is 9.11. The predicted octanol–water partition coefficient (Wildman–Crippen LogP) is 5.65. The lowest BCUT2D eigenvalue weighted by Gasteiger charge is -2.12. The first kappa shape index (κ1) is 19.0. The van der Waals surface area contributed by atoms with Crippen LogP contribution < -0.4 is 4.74 Å². The molecule has 1 N–H and O–H groups in total. The normalized spacial score (nSPS) is 10.8. The van der Waals surface area contributed by atoms with Crippen LogP contribution >= 0.6 is 11.6 Å². The first-order chi connectivity index (χ1) is 13.0. The van der Waals surface area contributed by atoms with E-state index in [9.17, 15) is 9.90 Å². The minimum atomic E-state index is -0.618. The highest BCUT2D eigenvalue weighted by atomic mass is 35.5. The van der Waals surface area contributed by atoms with Crippen LogP contribution in [0.1, 0.15) is 35.9 Å². The number of ether oxygens (including phenoxy) is 2. The van der Waals surface area contributed by atoms with Crippen LogP contribution in [-0.2, 0) is 4.74 Å². The largest absolute Gasteiger partial charge is 0.505 e. The summed E-state index contributed by atoms with van der Waals surface area (Å²) in [6.07, 6.45) is 1.68. The number of aromatic nitrogens is 1. The summed E-state index contributed by atoms with van der Waals surface area (Å²) in [5.74, 6) is 0.430. The summed E-state index contributed by atoms with van der Waals surface area (Å²) in [7, 11) is 0. The second-order valence-electron chi connectivity index (χ2n) is 6.15. The highest BCUT2D eigenvalue weighted by Crippen LogP contribution is 2.34. The number of hydrogen-bond acceptors (Lipinski definition) is 5. The number of fused-ring (bicyclic) bond motifs is 1. The van der Waals surface area contributed by atoms with Gasteiger partial charge in [-0.1, -0.05) is 24.9 Å². The van der Waals surface area contributed by atoms with Crippen molar-refractivity contribution in [2.75, 3.05) is 6.61 Å². The zero-order chi connectivity index (χ0) is 19.4. The van der Waals surface area contributed by atoms with Gasteiger partial charge in [0.2, 0.25) is 0 Å². The molecule has 0 saturated heterocycles. The van der Waals surface area contributed by atoms with Crippen LogP contribution in [0.15, 0.2) is 42.5 Å². The number of nitrogens with zero attached hydrogens (tertiary/aromatic N) is 1. The second kappa shape index (κ2) is 8.27. The first-order valence-electron chi connectivity index (χ1n) is 8.73. The lowest BCUT2D eigenvalue weighted by molar-refractivity contribution is 0.0489. The van der Waals surface area contributed by atoms with Gasteiger partial charge in [-0.25, -0.2) is 9.78 Å². The second-order valence-corrected chi connectivity index (χ2v) is 6.58. The number of halogens is 1. The molecule has 0 saturated carbocycles. The molecule has 6 heteroatoms. The van der Waals surface area contributed by atoms with E-state index in [-0.39, 0.29) is 11.4 Å². The van der Waals surface area contributed by atoms with Crippen LogP contribution in [0.3, 0.4) is 0 Å². The smallest absolute Gasteiger partial charge is 0.360 e. The van der Waals surface area contributed by atoms with Crippen molar-refractivity contribution in [1.29, 1.82) is 0 Å². The van der Waals surface area contributed by atoms with E-state index in [0.717, 1.165) is 12.8 Å². The summed E-state index contributed by atoms with van der Waals surface area (Å²) in [4.78, 5) is 16.4. The number of aryl methyl sites for hydroxylation is 1. The van der Waals surface area contributed by atoms with Crippen molar-refractivity contribution in [2.24, 2.45) is 0 Å². The highest BCUT2D eigenvalue weighted by Gasteiger charge is 2.19. The van der Waals surface area contributed by atoms with Gasteiger partial charge in [0.25, 0.3) is 0 Å². The Morgan fingerprint density at radius 3 is 2.52 bits per heavy atom. The fourth-order valence-corrected chi connectivity index (χ4v) is 2.79. The number of esters is 1. The molecule has 140 valence electrons. The van der Waals surface area contributed by atoms with Crippen LogP contribution in [0.5, 0.6) is 17.2 Å². The van der Waals surface area contributed by atoms with Gasteiger partial charge < -0.3 is 14.6 Å². The van der Waals surface area contributed by atoms with Crippen LogP contribution in [-0.4, -0.2) is 22.7 Å². The maximum Gasteiger partial charge on any atom is 0.360 e. The zero-order valence-corrected chi connectivity index (χ0v) is 15.9. The fourth-order valence-electron chi connectivity index (χ4n) is 2.66. The Hall–Kier alpha value is -2.79. The molecular weight excluding hydrogens is 366 g/mol. The molecule has 1 heterocycles. The maximum atomic E-state index is 12.2. The van der Waals surface area contributed by atoms with E-state index < -0.39 is 5.97 Å². The Morgan fingerprint density at radius 1 is 1.11 bits per heavy atom. The Labute approximate surface area is 162 Å². The summed E-state index contributed by atoms with van der Waals surface area (Å²) < 4.78 is 11.0. The van der Waals surface area contributed by atoms with Crippen molar-refractivity contribution in [3.63, 3.8) is 0 Å². The molecule has 0 spiro atoms. The van der Waals surface area contributed by atoms with Crippen molar-refractivity contribution < 1.29 is 19.4 Å². The molecule has 3 rings (SSSR count). The summed E-state index contributed by atoms with van der Waals surface area (Å²) in [5.41, 5.74) is 0.536. The summed E-state index contributed by atoms with van der Waals surface area (Å²) >= 11 is 5.88. The molecule has 1 aromatic heterocycles. The van der Waals surface area contributed by atoms with Crippen LogP contribution in [0.2, 0.25) is 5.02 Å². The standard InChI is InChI=1S/C21H20ClNO4/c1-3-4-11-26-21(25)19-20(24)17-10-9-16(12-18(17)13(2)23-19)27-15-7-5-14(22)6-8-15/h5-10,12,24H,3-4,11H2,1-2H3. The topological polar surface area (TPSA) is 68.7 Å². The number of aromatic hydroxyl groups is 1. The van der Waals surface area contributed by atoms with Gasteiger partial charge >= 0.3 is 5.97 Å². The van der Waals surface area contributed by atoms with Gasteiger partial charge in [-0.2, -0.15) is 0 Å². The number of benzene rings is 2. The molecular formula is C21H20ClNO4. The van der Waals surface area contributed by atoms with E-state index in [1.54, 1.807) is 49.4 Å². The molecule has 27 heavy (non-hydrogen) atoms. The predicted molar refractivity (Wildman–Crippen MR) is 105 cm³/mol. The van der Waals surface area contributed by atoms with Crippen molar-refractivity contribution in [1.82, 2.24) is 4.98 Å². The molecule has 0 amide bonds. The molecule has 5 nitrogen and oxygen atoms in total. The van der Waals surface area contributed by atoms with E-state index in [0.29, 0.717) is 39.6 Å². The third kappa shape index (κ3) is 4.31. The lowest BCUT2D eigenvalue weighted by Crippen LogP contribution is -2.10. The summed E-state index contributed by atoms with van der Waals surface area (Å²) in [6, 6.07) is 12.2. The average molecular weight is 386 g/mol. The Bertz CT molecular complexity index is 970. The van der Waals surface area contributed by atoms with Crippen molar-refractivity contribution in [2.45, 2.75) is 26.7 Å². The van der Waals surface area contributed by atoms with Crippen molar-refractivity contribution in [3.8, 4) is 17.2 Å². The number of carbonyl (C=O) groups is 1. The molecule has 0 aliphatic heterocycles. The van der Waals surface area contributed by atoms with Crippen molar-refractivity contribution >= 4 is 28.3 Å². The highest BCUT2D eigenvalue weighted by molar-refractivity contribution is 6.30. The molecule has 0 radical (unpaired) electrons. The van der Waals surface area contributed by atoms with Crippen molar-refractivity contribution in [3.05, 3.63) is 58.9 Å². The van der Waals surface area contributed by atoms with E-state index in [1.807, 2.05) is 6.92 Å². The van der Waals surface area contributed by atoms with Gasteiger partial charge in [-0.05, 0) is 55.8 Å².